The lowest BCUT2D eigenvalue weighted by atomic mass is 9.73. The molecule has 1 amide bonds. The van der Waals surface area contributed by atoms with Crippen molar-refractivity contribution >= 4 is 46.4 Å². The van der Waals surface area contributed by atoms with Gasteiger partial charge in [0.05, 0.1) is 66.5 Å². The van der Waals surface area contributed by atoms with E-state index in [4.69, 9.17) is 42.7 Å². The number of aliphatic hydroxyl groups is 4. The first-order chi connectivity index (χ1) is 39.9. The smallest absolute Gasteiger partial charge is 0.407 e. The number of aromatic carboxylic acids is 1. The third-order valence-electron chi connectivity index (χ3n) is 17.2. The van der Waals surface area contributed by atoms with E-state index in [0.717, 1.165) is 18.0 Å². The van der Waals surface area contributed by atoms with Gasteiger partial charge in [0.1, 0.15) is 35.6 Å². The summed E-state index contributed by atoms with van der Waals surface area (Å²) < 4.78 is 52.4. The van der Waals surface area contributed by atoms with Crippen LogP contribution in [0.15, 0.2) is 39.2 Å². The maximum absolute atomic E-state index is 14.8. The predicted molar refractivity (Wildman–Crippen MR) is 321 cm³/mol. The van der Waals surface area contributed by atoms with E-state index in [2.05, 4.69) is 15.4 Å². The van der Waals surface area contributed by atoms with Gasteiger partial charge in [0.15, 0.2) is 18.7 Å². The molecular formula is C60H100N6O18S. The summed E-state index contributed by atoms with van der Waals surface area (Å²) in [4.78, 5) is 63.8. The quantitative estimate of drug-likeness (QED) is 0.0381. The Labute approximate surface area is 506 Å². The van der Waals surface area contributed by atoms with E-state index in [1.807, 2.05) is 52.8 Å². The van der Waals surface area contributed by atoms with Crippen LogP contribution in [0.2, 0.25) is 0 Å². The monoisotopic (exact) mass is 1220 g/mol. The molecule has 0 spiro atoms. The summed E-state index contributed by atoms with van der Waals surface area (Å²) in [6, 6.07) is 4.91. The Morgan fingerprint density at radius 2 is 1.59 bits per heavy atom. The van der Waals surface area contributed by atoms with E-state index < -0.39 is 119 Å². The van der Waals surface area contributed by atoms with Crippen molar-refractivity contribution in [3.63, 3.8) is 0 Å². The number of methoxy groups -OCH3 is 1. The summed E-state index contributed by atoms with van der Waals surface area (Å²) >= 11 is 1.43. The maximum Gasteiger partial charge on any atom is 0.407 e. The Morgan fingerprint density at radius 1 is 0.906 bits per heavy atom. The lowest BCUT2D eigenvalue weighted by Crippen LogP contribution is -2.61. The second-order valence-electron chi connectivity index (χ2n) is 24.3. The zero-order valence-electron chi connectivity index (χ0n) is 53.1. The SMILES string of the molecule is CC[C@H]1OC(=O)[C@H](C)[C@@H](O[C@H]2C[C@@](C)(OC)[C@@H](OC(=O)NCCOCCSc3ccc4c(c3)c(=O)c(C(=O)O)cn4N(C)C)[C@H](C)O2)[C@H](C)[C@@H](O[C@@H]2O[C@H](C)C[C@H](N(C)C)[C@H]2O)[C@](C)(O)C[C@@H](C)/C(=N\OCCN(CC)CC)[C@@H](C)[C@@H](O)[C@]1(C)O. The third-order valence-corrected chi connectivity index (χ3v) is 18.2. The number of thioether (sulfide) groups is 1. The summed E-state index contributed by atoms with van der Waals surface area (Å²) in [5.74, 6) is -5.16. The fourth-order valence-electron chi connectivity index (χ4n) is 12.2. The van der Waals surface area contributed by atoms with Crippen LogP contribution in [-0.2, 0) is 47.5 Å². The average Bonchev–Trinajstić information content (AvgIpc) is 2.48. The fourth-order valence-corrected chi connectivity index (χ4v) is 13.0. The molecule has 6 N–H and O–H groups in total. The molecule has 24 nitrogen and oxygen atoms in total. The first-order valence-corrected chi connectivity index (χ1v) is 30.9. The van der Waals surface area contributed by atoms with Crippen LogP contribution >= 0.6 is 11.8 Å². The van der Waals surface area contributed by atoms with Crippen molar-refractivity contribution in [2.75, 3.05) is 92.1 Å². The molecule has 18 atom stereocenters. The molecule has 25 heteroatoms. The molecule has 4 heterocycles. The first kappa shape index (κ1) is 71.5. The number of oxime groups is 1. The van der Waals surface area contributed by atoms with Crippen LogP contribution in [0, 0.1) is 23.7 Å². The molecule has 0 saturated carbocycles. The van der Waals surface area contributed by atoms with Gasteiger partial charge in [0, 0.05) is 86.7 Å². The van der Waals surface area contributed by atoms with E-state index in [0.29, 0.717) is 36.6 Å². The lowest BCUT2D eigenvalue weighted by Gasteiger charge is -2.49. The van der Waals surface area contributed by atoms with Crippen molar-refractivity contribution in [3.05, 3.63) is 40.2 Å². The van der Waals surface area contributed by atoms with Crippen molar-refractivity contribution in [2.45, 2.75) is 198 Å². The molecule has 0 aliphatic carbocycles. The summed E-state index contributed by atoms with van der Waals surface area (Å²) in [6.07, 6.45) is -9.77. The molecule has 1 aromatic carbocycles. The van der Waals surface area contributed by atoms with Crippen LogP contribution in [0.5, 0.6) is 0 Å². The molecule has 85 heavy (non-hydrogen) atoms. The number of benzene rings is 1. The Balaban J connectivity index is 1.36. The van der Waals surface area contributed by atoms with Gasteiger partial charge < -0.3 is 88.4 Å². The van der Waals surface area contributed by atoms with Crippen LogP contribution in [0.25, 0.3) is 10.9 Å². The van der Waals surface area contributed by atoms with Crippen molar-refractivity contribution in [1.82, 2.24) is 19.8 Å². The molecular weight excluding hydrogens is 1120 g/mol. The van der Waals surface area contributed by atoms with Crippen LogP contribution in [-0.4, -0.2) is 235 Å². The summed E-state index contributed by atoms with van der Waals surface area (Å²) in [5, 5.41) is 68.3. The number of carboxylic acids is 1. The number of esters is 1. The van der Waals surface area contributed by atoms with Gasteiger partial charge in [-0.05, 0) is 106 Å². The first-order valence-electron chi connectivity index (χ1n) is 29.9. The number of likely N-dealkylation sites (N-methyl/N-ethyl adjacent to an activating group) is 2. The highest BCUT2D eigenvalue weighted by Gasteiger charge is 2.54. The number of rotatable bonds is 23. The number of pyridine rings is 1. The Morgan fingerprint density at radius 3 is 2.20 bits per heavy atom. The van der Waals surface area contributed by atoms with Crippen LogP contribution in [0.4, 0.5) is 4.79 Å². The molecule has 0 unspecified atom stereocenters. The molecule has 3 fully saturated rings. The number of ether oxygens (including phenoxy) is 8. The maximum atomic E-state index is 14.8. The number of cyclic esters (lactones) is 1. The number of nitrogens with zero attached hydrogens (tertiary/aromatic N) is 5. The third kappa shape index (κ3) is 17.8. The van der Waals surface area contributed by atoms with Crippen LogP contribution in [0.3, 0.4) is 0 Å². The van der Waals surface area contributed by atoms with Gasteiger partial charge in [-0.25, -0.2) is 9.59 Å². The van der Waals surface area contributed by atoms with Crippen molar-refractivity contribution in [1.29, 1.82) is 0 Å². The number of aliphatic hydroxyl groups excluding tert-OH is 2. The Bertz CT molecular complexity index is 2590. The number of hydrogen-bond donors (Lipinski definition) is 6. The van der Waals surface area contributed by atoms with E-state index in [1.165, 1.54) is 32.0 Å². The highest BCUT2D eigenvalue weighted by molar-refractivity contribution is 7.99. The van der Waals surface area contributed by atoms with Gasteiger partial charge in [0.2, 0.25) is 5.43 Å². The lowest BCUT2D eigenvalue weighted by molar-refractivity contribution is -0.317. The number of amides is 1. The number of fused-ring (bicyclic) bond motifs is 1. The normalized spacial score (nSPS) is 34.9. The zero-order chi connectivity index (χ0) is 63.5. The number of hydrogen-bond acceptors (Lipinski definition) is 22. The van der Waals surface area contributed by atoms with Gasteiger partial charge in [0.25, 0.3) is 0 Å². The number of aromatic nitrogens is 1. The van der Waals surface area contributed by atoms with E-state index >= 15 is 0 Å². The summed E-state index contributed by atoms with van der Waals surface area (Å²) in [6.45, 7) is 24.1. The van der Waals surface area contributed by atoms with Crippen LogP contribution in [0.1, 0.15) is 119 Å². The van der Waals surface area contributed by atoms with Crippen LogP contribution < -0.4 is 15.8 Å². The number of carbonyl (C=O) groups excluding carboxylic acids is 2. The van der Waals surface area contributed by atoms with E-state index in [9.17, 15) is 44.7 Å². The number of alkyl carbamates (subject to hydrolysis) is 1. The largest absolute Gasteiger partial charge is 0.477 e. The molecule has 484 valence electrons. The Hall–Kier alpha value is -4.22. The molecule has 3 aliphatic heterocycles. The Kier molecular flexibility index (Phi) is 26.3. The van der Waals surface area contributed by atoms with Gasteiger partial charge >= 0.3 is 18.0 Å². The molecule has 5 rings (SSSR count). The summed E-state index contributed by atoms with van der Waals surface area (Å²) in [7, 11) is 8.68. The molecule has 2 aromatic rings. The van der Waals surface area contributed by atoms with Crippen molar-refractivity contribution < 1.29 is 82.6 Å². The van der Waals surface area contributed by atoms with Gasteiger partial charge in [-0.1, -0.05) is 46.7 Å². The zero-order valence-corrected chi connectivity index (χ0v) is 54.0. The highest BCUT2D eigenvalue weighted by Crippen LogP contribution is 2.42. The summed E-state index contributed by atoms with van der Waals surface area (Å²) in [5.41, 5.74) is -5.04. The van der Waals surface area contributed by atoms with Gasteiger partial charge in [-0.2, -0.15) is 0 Å². The molecule has 3 aliphatic rings. The second kappa shape index (κ2) is 31.3. The van der Waals surface area contributed by atoms with E-state index in [1.54, 1.807) is 84.4 Å². The number of nitrogens with one attached hydrogen (secondary N) is 1. The van der Waals surface area contributed by atoms with Gasteiger partial charge in [-0.3, -0.25) is 14.3 Å². The number of carbonyl (C=O) groups is 3. The van der Waals surface area contributed by atoms with Gasteiger partial charge in [-0.15, -0.1) is 11.8 Å². The second-order valence-corrected chi connectivity index (χ2v) is 25.4. The minimum Gasteiger partial charge on any atom is -0.477 e. The van der Waals surface area contributed by atoms with E-state index in [-0.39, 0.29) is 62.1 Å². The minimum absolute atomic E-state index is 0.0167. The standard InChI is InChI=1S/C60H100N6O18S/c1-18-45-60(12,75)51(69)36(6)47(62-78-26-24-65(19-2)20-3)34(4)31-58(10,74)52(83-56-49(68)44(63(13)14)29-35(5)79-56)37(7)50(38(8)55(72)81-45)82-46-32-59(11,76-17)53(39(9)80-46)84-57(73)61-23-25-77-27-28-85-40-21-22-43-41(30-40)48(67)42(54(70)71)33-66(43)64(15)16/h21-22,30,33-39,44-46,49-53,56,68-69,74-75H,18-20,23-29,31-32H2,1-17H3,(H,61,73)(H,70,71)/b62-47+/t34-,35-,36-,37+,38-,39+,44+,45-,46+,49-,50+,51-,52-,53+,56+,58-,59-,60-/m1/s1. The molecule has 1 aromatic heterocycles. The average molecular weight is 1230 g/mol. The minimum atomic E-state index is -2.00. The molecule has 3 saturated heterocycles. The fraction of sp³-hybridized carbons (Fsp3) is 0.783. The van der Waals surface area contributed by atoms with Crippen molar-refractivity contribution in [2.24, 2.45) is 28.8 Å². The topological polar surface area (TPSA) is 292 Å². The molecule has 0 radical (unpaired) electrons. The highest BCUT2D eigenvalue weighted by atomic mass is 32.2. The number of carboxylic acid groups (broad SMARTS) is 1. The molecule has 0 bridgehead atoms. The van der Waals surface area contributed by atoms with Crippen molar-refractivity contribution in [3.8, 4) is 0 Å². The predicted octanol–water partition coefficient (Wildman–Crippen LogP) is 4.68.